The van der Waals surface area contributed by atoms with Gasteiger partial charge in [-0.25, -0.2) is 0 Å². The summed E-state index contributed by atoms with van der Waals surface area (Å²) in [7, 11) is 1.59. The Bertz CT molecular complexity index is 363. The van der Waals surface area contributed by atoms with Gasteiger partial charge in [0.25, 0.3) is 5.91 Å². The molecule has 0 saturated heterocycles. The normalized spacial score (nSPS) is 9.12. The number of nitrogens with two attached hydrogens (primary N) is 1. The lowest BCUT2D eigenvalue weighted by atomic mass is 10.0. The molecule has 1 amide bonds. The number of hydrogen-bond donors (Lipinski definition) is 2. The molecule has 0 aliphatic carbocycles. The molecule has 1 rings (SSSR count). The molecular weight excluding hydrogens is 268 g/mol. The maximum Gasteiger partial charge on any atom is 0.254 e. The van der Waals surface area contributed by atoms with Crippen molar-refractivity contribution in [2.75, 3.05) is 12.8 Å². The van der Waals surface area contributed by atoms with Gasteiger partial charge in [0.1, 0.15) is 0 Å². The maximum absolute atomic E-state index is 11.5. The number of nitrogens with one attached hydrogen (secondary N) is 1. The van der Waals surface area contributed by atoms with Crippen LogP contribution in [0.3, 0.4) is 0 Å². The lowest BCUT2D eigenvalue weighted by Crippen LogP contribution is -2.20. The van der Waals surface area contributed by atoms with E-state index in [2.05, 4.69) is 21.2 Å². The van der Waals surface area contributed by atoms with Crippen LogP contribution in [0.15, 0.2) is 10.5 Å². The molecule has 3 nitrogen and oxygen atoms in total. The highest BCUT2D eigenvalue weighted by molar-refractivity contribution is 9.10. The second-order valence-corrected chi connectivity index (χ2v) is 3.99. The van der Waals surface area contributed by atoms with Crippen molar-refractivity contribution in [3.05, 3.63) is 27.2 Å². The van der Waals surface area contributed by atoms with E-state index in [4.69, 9.17) is 5.73 Å². The molecule has 0 radical (unpaired) electrons. The van der Waals surface area contributed by atoms with E-state index in [9.17, 15) is 4.79 Å². The Morgan fingerprint density at radius 1 is 1.31 bits per heavy atom. The summed E-state index contributed by atoms with van der Waals surface area (Å²) in [6.45, 7) is 7.82. The van der Waals surface area contributed by atoms with Gasteiger partial charge in [-0.1, -0.05) is 19.9 Å². The molecule has 0 spiro atoms. The first-order valence-corrected chi connectivity index (χ1v) is 6.05. The predicted molar refractivity (Wildman–Crippen MR) is 72.8 cm³/mol. The number of carbonyl (C=O) groups is 1. The number of nitrogen functional groups attached to an aromatic ring is 1. The number of amides is 1. The van der Waals surface area contributed by atoms with Crippen LogP contribution in [0.1, 0.15) is 35.3 Å². The number of halogens is 1. The Hall–Kier alpha value is -1.03. The van der Waals surface area contributed by atoms with Gasteiger partial charge in [0.05, 0.1) is 5.56 Å². The Morgan fingerprint density at radius 2 is 1.81 bits per heavy atom. The summed E-state index contributed by atoms with van der Waals surface area (Å²) in [5, 5.41) is 2.57. The fraction of sp³-hybridized carbons (Fsp3) is 0.417. The number of anilines is 1. The summed E-state index contributed by atoms with van der Waals surface area (Å²) in [5.74, 6) is -0.166. The van der Waals surface area contributed by atoms with E-state index in [1.165, 1.54) is 0 Å². The van der Waals surface area contributed by atoms with Gasteiger partial charge in [0, 0.05) is 17.2 Å². The third-order valence-corrected chi connectivity index (χ3v) is 3.17. The maximum atomic E-state index is 11.5. The standard InChI is InChI=1S/C10H13BrN2O.C2H6/c1-5-4-6(2)9(12)7(8(5)11)10(14)13-3;1-2/h4H,12H2,1-3H3,(H,13,14);1-2H3. The van der Waals surface area contributed by atoms with Crippen molar-refractivity contribution in [3.63, 3.8) is 0 Å². The third kappa shape index (κ3) is 2.98. The van der Waals surface area contributed by atoms with Gasteiger partial charge in [0.15, 0.2) is 0 Å². The molecule has 0 atom stereocenters. The van der Waals surface area contributed by atoms with Crippen molar-refractivity contribution in [1.29, 1.82) is 0 Å². The number of carbonyl (C=O) groups excluding carboxylic acids is 1. The van der Waals surface area contributed by atoms with Crippen molar-refractivity contribution < 1.29 is 4.79 Å². The summed E-state index contributed by atoms with van der Waals surface area (Å²) >= 11 is 3.37. The Balaban J connectivity index is 0.00000106. The minimum atomic E-state index is -0.166. The molecule has 4 heteroatoms. The second kappa shape index (κ2) is 6.53. The molecule has 0 unspecified atom stereocenters. The summed E-state index contributed by atoms with van der Waals surface area (Å²) in [5.41, 5.74) is 8.82. The van der Waals surface area contributed by atoms with Gasteiger partial charge in [-0.2, -0.15) is 0 Å². The third-order valence-electron chi connectivity index (χ3n) is 2.15. The van der Waals surface area contributed by atoms with Crippen LogP contribution in [0.4, 0.5) is 5.69 Å². The predicted octanol–water partition coefficient (Wildman–Crippen LogP) is 3.03. The number of rotatable bonds is 1. The SMILES string of the molecule is CC.CNC(=O)c1c(N)c(C)cc(C)c1Br. The summed E-state index contributed by atoms with van der Waals surface area (Å²) in [6.07, 6.45) is 0. The van der Waals surface area contributed by atoms with Crippen molar-refractivity contribution in [3.8, 4) is 0 Å². The van der Waals surface area contributed by atoms with E-state index < -0.39 is 0 Å². The first kappa shape index (κ1) is 15.0. The van der Waals surface area contributed by atoms with Crippen LogP contribution in [0.5, 0.6) is 0 Å². The summed E-state index contributed by atoms with van der Waals surface area (Å²) in [4.78, 5) is 11.5. The first-order chi connectivity index (χ1) is 7.49. The van der Waals surface area contributed by atoms with Gasteiger partial charge in [0.2, 0.25) is 0 Å². The zero-order valence-electron chi connectivity index (χ0n) is 10.4. The lowest BCUT2D eigenvalue weighted by Gasteiger charge is -2.11. The Labute approximate surface area is 106 Å². The molecule has 0 fully saturated rings. The average molecular weight is 287 g/mol. The van der Waals surface area contributed by atoms with Gasteiger partial charge in [-0.05, 0) is 40.9 Å². The second-order valence-electron chi connectivity index (χ2n) is 3.19. The monoisotopic (exact) mass is 286 g/mol. The molecule has 3 N–H and O–H groups in total. The topological polar surface area (TPSA) is 55.1 Å². The van der Waals surface area contributed by atoms with Crippen LogP contribution in [-0.2, 0) is 0 Å². The highest BCUT2D eigenvalue weighted by Crippen LogP contribution is 2.29. The molecule has 0 aromatic heterocycles. The zero-order chi connectivity index (χ0) is 12.9. The molecule has 1 aromatic rings. The first-order valence-electron chi connectivity index (χ1n) is 5.26. The largest absolute Gasteiger partial charge is 0.398 e. The Morgan fingerprint density at radius 3 is 2.25 bits per heavy atom. The molecule has 0 aliphatic rings. The average Bonchev–Trinajstić information content (AvgIpc) is 2.29. The van der Waals surface area contributed by atoms with Crippen LogP contribution in [0.25, 0.3) is 0 Å². The Kier molecular flexibility index (Phi) is 6.11. The fourth-order valence-corrected chi connectivity index (χ4v) is 1.83. The molecule has 16 heavy (non-hydrogen) atoms. The lowest BCUT2D eigenvalue weighted by molar-refractivity contribution is 0.0963. The number of aryl methyl sites for hydroxylation is 2. The number of hydrogen-bond acceptors (Lipinski definition) is 2. The quantitative estimate of drug-likeness (QED) is 0.780. The van der Waals surface area contributed by atoms with Crippen LogP contribution in [-0.4, -0.2) is 13.0 Å². The van der Waals surface area contributed by atoms with E-state index in [0.717, 1.165) is 15.6 Å². The van der Waals surface area contributed by atoms with Crippen LogP contribution in [0.2, 0.25) is 0 Å². The van der Waals surface area contributed by atoms with E-state index in [0.29, 0.717) is 11.3 Å². The van der Waals surface area contributed by atoms with Gasteiger partial charge < -0.3 is 11.1 Å². The molecule has 0 bridgehead atoms. The van der Waals surface area contributed by atoms with E-state index in [1.54, 1.807) is 7.05 Å². The molecule has 0 saturated carbocycles. The van der Waals surface area contributed by atoms with E-state index in [1.807, 2.05) is 33.8 Å². The molecule has 0 aliphatic heterocycles. The minimum Gasteiger partial charge on any atom is -0.398 e. The van der Waals surface area contributed by atoms with Crippen LogP contribution >= 0.6 is 15.9 Å². The van der Waals surface area contributed by atoms with E-state index >= 15 is 0 Å². The van der Waals surface area contributed by atoms with Crippen molar-refractivity contribution in [2.24, 2.45) is 0 Å². The summed E-state index contributed by atoms with van der Waals surface area (Å²) in [6, 6.07) is 1.95. The molecule has 90 valence electrons. The minimum absolute atomic E-state index is 0.166. The fourth-order valence-electron chi connectivity index (χ4n) is 1.33. The summed E-state index contributed by atoms with van der Waals surface area (Å²) < 4.78 is 0.764. The van der Waals surface area contributed by atoms with Gasteiger partial charge >= 0.3 is 0 Å². The molecule has 0 heterocycles. The molecular formula is C12H19BrN2O. The van der Waals surface area contributed by atoms with Crippen LogP contribution in [0, 0.1) is 13.8 Å². The van der Waals surface area contributed by atoms with Crippen molar-refractivity contribution >= 4 is 27.5 Å². The highest BCUT2D eigenvalue weighted by Gasteiger charge is 2.15. The van der Waals surface area contributed by atoms with Gasteiger partial charge in [-0.15, -0.1) is 0 Å². The molecule has 1 aromatic carbocycles. The van der Waals surface area contributed by atoms with Crippen molar-refractivity contribution in [2.45, 2.75) is 27.7 Å². The smallest absolute Gasteiger partial charge is 0.254 e. The zero-order valence-corrected chi connectivity index (χ0v) is 12.0. The van der Waals surface area contributed by atoms with Crippen molar-refractivity contribution in [1.82, 2.24) is 5.32 Å². The highest BCUT2D eigenvalue weighted by atomic mass is 79.9. The number of benzene rings is 1. The van der Waals surface area contributed by atoms with Gasteiger partial charge in [-0.3, -0.25) is 4.79 Å². The van der Waals surface area contributed by atoms with E-state index in [-0.39, 0.29) is 5.91 Å². The van der Waals surface area contributed by atoms with Crippen LogP contribution < -0.4 is 11.1 Å².